The minimum absolute atomic E-state index is 0.000000000000000666. The monoisotopic (exact) mass is 154 g/mol. The lowest BCUT2D eigenvalue weighted by Crippen LogP contribution is -2.29. The fourth-order valence-electron chi connectivity index (χ4n) is 1.98. The zero-order valence-electron chi connectivity index (χ0n) is 6.26. The molecule has 1 saturated carbocycles. The van der Waals surface area contributed by atoms with Gasteiger partial charge in [-0.05, 0) is 12.8 Å². The van der Waals surface area contributed by atoms with E-state index in [2.05, 4.69) is 0 Å². The standard InChI is InChI=1S/C8H10O3/c9-6-5-11-7(10)8(6)3-1-2-4-8/h1-5H2. The summed E-state index contributed by atoms with van der Waals surface area (Å²) in [5.41, 5.74) is -0.694. The second kappa shape index (κ2) is 2.06. The smallest absolute Gasteiger partial charge is 0.320 e. The third-order valence-electron chi connectivity index (χ3n) is 2.72. The van der Waals surface area contributed by atoms with Gasteiger partial charge in [-0.15, -0.1) is 0 Å². The number of rotatable bonds is 0. The largest absolute Gasteiger partial charge is 0.457 e. The summed E-state index contributed by atoms with van der Waals surface area (Å²) in [4.78, 5) is 22.4. The molecule has 2 rings (SSSR count). The van der Waals surface area contributed by atoms with Gasteiger partial charge in [0.2, 0.25) is 0 Å². The van der Waals surface area contributed by atoms with Gasteiger partial charge < -0.3 is 4.74 Å². The van der Waals surface area contributed by atoms with Crippen molar-refractivity contribution in [2.75, 3.05) is 6.61 Å². The summed E-state index contributed by atoms with van der Waals surface area (Å²) >= 11 is 0. The Morgan fingerprint density at radius 1 is 1.18 bits per heavy atom. The molecule has 0 aromatic heterocycles. The molecule has 2 aliphatic rings. The van der Waals surface area contributed by atoms with Crippen molar-refractivity contribution in [3.63, 3.8) is 0 Å². The topological polar surface area (TPSA) is 43.4 Å². The Balaban J connectivity index is 2.33. The van der Waals surface area contributed by atoms with Crippen LogP contribution in [0.5, 0.6) is 0 Å². The van der Waals surface area contributed by atoms with Crippen LogP contribution in [0, 0.1) is 5.41 Å². The van der Waals surface area contributed by atoms with Crippen molar-refractivity contribution in [1.29, 1.82) is 0 Å². The number of carbonyl (C=O) groups excluding carboxylic acids is 2. The maximum atomic E-state index is 11.3. The van der Waals surface area contributed by atoms with Gasteiger partial charge in [-0.3, -0.25) is 9.59 Å². The Hall–Kier alpha value is -0.860. The number of carbonyl (C=O) groups is 2. The average molecular weight is 154 g/mol. The fourth-order valence-corrected chi connectivity index (χ4v) is 1.98. The highest BCUT2D eigenvalue weighted by molar-refractivity contribution is 6.09. The van der Waals surface area contributed by atoms with Gasteiger partial charge in [-0.25, -0.2) is 0 Å². The van der Waals surface area contributed by atoms with Gasteiger partial charge in [0.05, 0.1) is 0 Å². The van der Waals surface area contributed by atoms with E-state index in [1.807, 2.05) is 0 Å². The van der Waals surface area contributed by atoms with E-state index in [4.69, 9.17) is 4.74 Å². The zero-order chi connectivity index (χ0) is 7.90. The van der Waals surface area contributed by atoms with Crippen LogP contribution in [0.25, 0.3) is 0 Å². The van der Waals surface area contributed by atoms with Crippen LogP contribution in [0.3, 0.4) is 0 Å². The summed E-state index contributed by atoms with van der Waals surface area (Å²) in [6.45, 7) is 0.0127. The van der Waals surface area contributed by atoms with E-state index in [9.17, 15) is 9.59 Å². The normalized spacial score (nSPS) is 28.0. The number of Topliss-reactive ketones (excluding diaryl/α,β-unsaturated/α-hetero) is 1. The average Bonchev–Trinajstić information content (AvgIpc) is 2.56. The first kappa shape index (κ1) is 6.83. The predicted octanol–water partition coefficient (Wildman–Crippen LogP) is 0.673. The minimum atomic E-state index is -0.694. The molecule has 0 aromatic carbocycles. The summed E-state index contributed by atoms with van der Waals surface area (Å²) in [6, 6.07) is 0. The molecule has 11 heavy (non-hydrogen) atoms. The van der Waals surface area contributed by atoms with E-state index in [0.29, 0.717) is 12.8 Å². The van der Waals surface area contributed by atoms with Crippen LogP contribution in [0.1, 0.15) is 25.7 Å². The molecule has 0 radical (unpaired) electrons. The van der Waals surface area contributed by atoms with Crippen molar-refractivity contribution < 1.29 is 14.3 Å². The predicted molar refractivity (Wildman–Crippen MR) is 36.9 cm³/mol. The van der Waals surface area contributed by atoms with Crippen LogP contribution in [0.2, 0.25) is 0 Å². The molecular formula is C8H10O3. The van der Waals surface area contributed by atoms with E-state index in [-0.39, 0.29) is 18.4 Å². The first-order chi connectivity index (χ1) is 5.26. The fraction of sp³-hybridized carbons (Fsp3) is 0.750. The van der Waals surface area contributed by atoms with Gasteiger partial charge >= 0.3 is 5.97 Å². The van der Waals surface area contributed by atoms with Gasteiger partial charge in [-0.2, -0.15) is 0 Å². The van der Waals surface area contributed by atoms with Crippen LogP contribution in [-0.4, -0.2) is 18.4 Å². The van der Waals surface area contributed by atoms with E-state index in [1.165, 1.54) is 0 Å². The number of esters is 1. The molecule has 1 aliphatic heterocycles. The summed E-state index contributed by atoms with van der Waals surface area (Å²) in [5, 5.41) is 0. The van der Waals surface area contributed by atoms with Crippen LogP contribution in [-0.2, 0) is 14.3 Å². The third-order valence-corrected chi connectivity index (χ3v) is 2.72. The first-order valence-electron chi connectivity index (χ1n) is 3.96. The summed E-state index contributed by atoms with van der Waals surface area (Å²) in [6.07, 6.45) is 3.40. The SMILES string of the molecule is O=C1COC(=O)C12CCCC2. The molecule has 1 aliphatic carbocycles. The molecule has 0 amide bonds. The molecule has 3 heteroatoms. The Labute approximate surface area is 64.7 Å². The lowest BCUT2D eigenvalue weighted by molar-refractivity contribution is -0.146. The molecule has 3 nitrogen and oxygen atoms in total. The van der Waals surface area contributed by atoms with Gasteiger partial charge in [0, 0.05) is 0 Å². The van der Waals surface area contributed by atoms with Crippen molar-refractivity contribution in [1.82, 2.24) is 0 Å². The van der Waals surface area contributed by atoms with Crippen LogP contribution >= 0.6 is 0 Å². The molecule has 1 saturated heterocycles. The van der Waals surface area contributed by atoms with Gasteiger partial charge in [0.1, 0.15) is 5.41 Å². The number of hydrogen-bond acceptors (Lipinski definition) is 3. The Kier molecular flexibility index (Phi) is 1.28. The third kappa shape index (κ3) is 0.737. The van der Waals surface area contributed by atoms with Crippen molar-refractivity contribution in [3.05, 3.63) is 0 Å². The van der Waals surface area contributed by atoms with E-state index >= 15 is 0 Å². The van der Waals surface area contributed by atoms with Gasteiger partial charge in [0.15, 0.2) is 12.4 Å². The van der Waals surface area contributed by atoms with E-state index in [0.717, 1.165) is 12.8 Å². The molecule has 0 N–H and O–H groups in total. The zero-order valence-corrected chi connectivity index (χ0v) is 6.26. The molecule has 0 atom stereocenters. The van der Waals surface area contributed by atoms with Crippen molar-refractivity contribution in [2.24, 2.45) is 5.41 Å². The molecular weight excluding hydrogens is 144 g/mol. The van der Waals surface area contributed by atoms with Gasteiger partial charge in [0.25, 0.3) is 0 Å². The molecule has 1 heterocycles. The number of ether oxygens (including phenoxy) is 1. The summed E-state index contributed by atoms with van der Waals surface area (Å²) < 4.78 is 4.71. The molecule has 0 bridgehead atoms. The highest BCUT2D eigenvalue weighted by atomic mass is 16.5. The second-order valence-corrected chi connectivity index (χ2v) is 3.29. The maximum Gasteiger partial charge on any atom is 0.320 e. The second-order valence-electron chi connectivity index (χ2n) is 3.29. The van der Waals surface area contributed by atoms with Gasteiger partial charge in [-0.1, -0.05) is 12.8 Å². The lowest BCUT2D eigenvalue weighted by atomic mass is 9.84. The van der Waals surface area contributed by atoms with Crippen molar-refractivity contribution in [2.45, 2.75) is 25.7 Å². The van der Waals surface area contributed by atoms with E-state index < -0.39 is 5.41 Å². The molecule has 0 unspecified atom stereocenters. The Bertz CT molecular complexity index is 195. The minimum Gasteiger partial charge on any atom is -0.457 e. The number of cyclic esters (lactones) is 1. The Morgan fingerprint density at radius 2 is 1.82 bits per heavy atom. The lowest BCUT2D eigenvalue weighted by Gasteiger charge is -2.13. The highest BCUT2D eigenvalue weighted by Crippen LogP contribution is 2.42. The summed E-state index contributed by atoms with van der Waals surface area (Å²) in [7, 11) is 0. The highest BCUT2D eigenvalue weighted by Gasteiger charge is 2.53. The molecule has 60 valence electrons. The number of hydrogen-bond donors (Lipinski definition) is 0. The molecule has 0 aromatic rings. The maximum absolute atomic E-state index is 11.3. The van der Waals surface area contributed by atoms with Crippen molar-refractivity contribution in [3.8, 4) is 0 Å². The number of ketones is 1. The first-order valence-corrected chi connectivity index (χ1v) is 3.96. The van der Waals surface area contributed by atoms with Crippen LogP contribution in [0.15, 0.2) is 0 Å². The summed E-state index contributed by atoms with van der Waals surface area (Å²) in [5.74, 6) is -0.278. The quantitative estimate of drug-likeness (QED) is 0.380. The van der Waals surface area contributed by atoms with Crippen LogP contribution < -0.4 is 0 Å². The van der Waals surface area contributed by atoms with Crippen molar-refractivity contribution >= 4 is 11.8 Å². The Morgan fingerprint density at radius 3 is 2.27 bits per heavy atom. The van der Waals surface area contributed by atoms with Crippen LogP contribution in [0.4, 0.5) is 0 Å². The molecule has 2 fully saturated rings. The molecule has 1 spiro atoms. The van der Waals surface area contributed by atoms with E-state index in [1.54, 1.807) is 0 Å².